The van der Waals surface area contributed by atoms with Crippen molar-refractivity contribution < 1.29 is 4.79 Å². The number of nitrogen functional groups attached to an aromatic ring is 1. The van der Waals surface area contributed by atoms with Crippen molar-refractivity contribution >= 4 is 50.3 Å². The number of hydrogen-bond acceptors (Lipinski definition) is 4. The zero-order chi connectivity index (χ0) is 15.1. The van der Waals surface area contributed by atoms with E-state index in [-0.39, 0.29) is 5.91 Å². The average molecular weight is 321 g/mol. The summed E-state index contributed by atoms with van der Waals surface area (Å²) in [5, 5.41) is 8.44. The van der Waals surface area contributed by atoms with Crippen LogP contribution in [0.1, 0.15) is 15.4 Å². The quantitative estimate of drug-likeness (QED) is 0.759. The second kappa shape index (κ2) is 5.05. The predicted octanol–water partition coefficient (Wildman–Crippen LogP) is 3.43. The Morgan fingerprint density at radius 3 is 2.90 bits per heavy atom. The van der Waals surface area contributed by atoms with Crippen molar-refractivity contribution in [3.05, 3.63) is 40.0 Å². The van der Waals surface area contributed by atoms with Crippen LogP contribution in [-0.4, -0.2) is 15.7 Å². The van der Waals surface area contributed by atoms with Crippen LogP contribution in [0.15, 0.2) is 24.4 Å². The summed E-state index contributed by atoms with van der Waals surface area (Å²) >= 11 is 7.32. The molecular formula is C14H13ClN4OS. The van der Waals surface area contributed by atoms with Crippen LogP contribution in [0.3, 0.4) is 0 Å². The average Bonchev–Trinajstić information content (AvgIpc) is 2.91. The van der Waals surface area contributed by atoms with Gasteiger partial charge in [-0.2, -0.15) is 5.10 Å². The summed E-state index contributed by atoms with van der Waals surface area (Å²) < 4.78 is 2.59. The predicted molar refractivity (Wildman–Crippen MR) is 87.1 cm³/mol. The van der Waals surface area contributed by atoms with Gasteiger partial charge in [-0.25, -0.2) is 0 Å². The Bertz CT molecular complexity index is 852. The molecular weight excluding hydrogens is 308 g/mol. The summed E-state index contributed by atoms with van der Waals surface area (Å²) in [5.41, 5.74) is 7.97. The molecule has 108 valence electrons. The van der Waals surface area contributed by atoms with Crippen molar-refractivity contribution in [2.24, 2.45) is 7.05 Å². The highest BCUT2D eigenvalue weighted by atomic mass is 35.5. The number of carbonyl (C=O) groups is 1. The molecule has 2 aromatic heterocycles. The van der Waals surface area contributed by atoms with Gasteiger partial charge in [-0.1, -0.05) is 11.6 Å². The third-order valence-corrected chi connectivity index (χ3v) is 4.58. The Balaban J connectivity index is 1.98. The van der Waals surface area contributed by atoms with Crippen molar-refractivity contribution in [1.29, 1.82) is 0 Å². The first kappa shape index (κ1) is 13.9. The molecule has 0 fully saturated rings. The number of nitrogens with one attached hydrogen (secondary N) is 1. The van der Waals surface area contributed by atoms with Crippen molar-refractivity contribution in [2.45, 2.75) is 6.92 Å². The Morgan fingerprint density at radius 1 is 1.48 bits per heavy atom. The van der Waals surface area contributed by atoms with Crippen LogP contribution < -0.4 is 11.1 Å². The van der Waals surface area contributed by atoms with Gasteiger partial charge in [0.15, 0.2) is 0 Å². The SMILES string of the molecule is Cc1nn(C)cc1NC(=O)c1sc2ccc(Cl)cc2c1N. The van der Waals surface area contributed by atoms with E-state index in [0.29, 0.717) is 21.3 Å². The number of thiophene rings is 1. The molecule has 0 aliphatic heterocycles. The van der Waals surface area contributed by atoms with Gasteiger partial charge in [-0.05, 0) is 25.1 Å². The van der Waals surface area contributed by atoms with Gasteiger partial charge in [0.1, 0.15) is 4.88 Å². The zero-order valence-electron chi connectivity index (χ0n) is 11.5. The molecule has 0 spiro atoms. The maximum Gasteiger partial charge on any atom is 0.267 e. The normalized spacial score (nSPS) is 11.0. The largest absolute Gasteiger partial charge is 0.397 e. The molecule has 21 heavy (non-hydrogen) atoms. The van der Waals surface area contributed by atoms with Gasteiger partial charge in [0.05, 0.1) is 17.1 Å². The number of carbonyl (C=O) groups excluding carboxylic acids is 1. The lowest BCUT2D eigenvalue weighted by Gasteiger charge is -2.02. The number of amides is 1. The number of hydrogen-bond donors (Lipinski definition) is 2. The molecule has 3 N–H and O–H groups in total. The molecule has 3 aromatic rings. The minimum atomic E-state index is -0.235. The molecule has 0 saturated carbocycles. The van der Waals surface area contributed by atoms with Crippen LogP contribution in [0.5, 0.6) is 0 Å². The van der Waals surface area contributed by atoms with Crippen molar-refractivity contribution in [3.63, 3.8) is 0 Å². The number of aryl methyl sites for hydroxylation is 2. The van der Waals surface area contributed by atoms with E-state index in [4.69, 9.17) is 17.3 Å². The summed E-state index contributed by atoms with van der Waals surface area (Å²) in [6.07, 6.45) is 1.76. The van der Waals surface area contributed by atoms with E-state index >= 15 is 0 Å². The van der Waals surface area contributed by atoms with Crippen LogP contribution in [0.25, 0.3) is 10.1 Å². The Hall–Kier alpha value is -2.05. The summed E-state index contributed by atoms with van der Waals surface area (Å²) in [4.78, 5) is 12.9. The first-order valence-electron chi connectivity index (χ1n) is 6.25. The lowest BCUT2D eigenvalue weighted by Crippen LogP contribution is -2.12. The number of aromatic nitrogens is 2. The number of benzene rings is 1. The minimum Gasteiger partial charge on any atom is -0.397 e. The maximum atomic E-state index is 12.4. The van der Waals surface area contributed by atoms with E-state index in [1.807, 2.05) is 13.0 Å². The van der Waals surface area contributed by atoms with E-state index in [2.05, 4.69) is 10.4 Å². The fourth-order valence-corrected chi connectivity index (χ4v) is 3.33. The standard InChI is InChI=1S/C14H13ClN4OS/c1-7-10(6-19(2)18-7)17-14(20)13-12(16)9-5-8(15)3-4-11(9)21-13/h3-6H,16H2,1-2H3,(H,17,20). The van der Waals surface area contributed by atoms with Gasteiger partial charge >= 0.3 is 0 Å². The van der Waals surface area contributed by atoms with Crippen LogP contribution in [0, 0.1) is 6.92 Å². The zero-order valence-corrected chi connectivity index (χ0v) is 13.0. The molecule has 0 aliphatic rings. The van der Waals surface area contributed by atoms with Gasteiger partial charge < -0.3 is 11.1 Å². The van der Waals surface area contributed by atoms with E-state index in [0.717, 1.165) is 15.8 Å². The summed E-state index contributed by atoms with van der Waals surface area (Å²) in [6.45, 7) is 1.84. The minimum absolute atomic E-state index is 0.235. The molecule has 3 rings (SSSR count). The highest BCUT2D eigenvalue weighted by Gasteiger charge is 2.18. The molecule has 2 heterocycles. The first-order chi connectivity index (χ1) is 9.95. The summed E-state index contributed by atoms with van der Waals surface area (Å²) in [6, 6.07) is 5.42. The molecule has 5 nitrogen and oxygen atoms in total. The molecule has 0 atom stereocenters. The lowest BCUT2D eigenvalue weighted by atomic mass is 10.2. The number of halogens is 1. The molecule has 0 unspecified atom stereocenters. The maximum absolute atomic E-state index is 12.4. The summed E-state index contributed by atoms with van der Waals surface area (Å²) in [7, 11) is 1.80. The molecule has 0 aliphatic carbocycles. The number of fused-ring (bicyclic) bond motifs is 1. The molecule has 7 heteroatoms. The molecule has 0 bridgehead atoms. The smallest absolute Gasteiger partial charge is 0.267 e. The molecule has 1 amide bonds. The third kappa shape index (κ3) is 2.48. The molecule has 0 radical (unpaired) electrons. The second-order valence-electron chi connectivity index (χ2n) is 4.74. The van der Waals surface area contributed by atoms with E-state index < -0.39 is 0 Å². The second-order valence-corrected chi connectivity index (χ2v) is 6.23. The monoisotopic (exact) mass is 320 g/mol. The van der Waals surface area contributed by atoms with Gasteiger partial charge in [-0.15, -0.1) is 11.3 Å². The van der Waals surface area contributed by atoms with Crippen LogP contribution >= 0.6 is 22.9 Å². The first-order valence-corrected chi connectivity index (χ1v) is 7.44. The third-order valence-electron chi connectivity index (χ3n) is 3.16. The fraction of sp³-hybridized carbons (Fsp3) is 0.143. The van der Waals surface area contributed by atoms with Gasteiger partial charge in [-0.3, -0.25) is 9.48 Å². The van der Waals surface area contributed by atoms with Crippen molar-refractivity contribution in [3.8, 4) is 0 Å². The number of nitrogens with two attached hydrogens (primary N) is 1. The van der Waals surface area contributed by atoms with E-state index in [1.165, 1.54) is 11.3 Å². The Kier molecular flexibility index (Phi) is 3.35. The lowest BCUT2D eigenvalue weighted by molar-refractivity contribution is 0.103. The Morgan fingerprint density at radius 2 is 2.24 bits per heavy atom. The van der Waals surface area contributed by atoms with Crippen molar-refractivity contribution in [1.82, 2.24) is 9.78 Å². The van der Waals surface area contributed by atoms with E-state index in [1.54, 1.807) is 30.1 Å². The van der Waals surface area contributed by atoms with Crippen LogP contribution in [0.4, 0.5) is 11.4 Å². The topological polar surface area (TPSA) is 72.9 Å². The summed E-state index contributed by atoms with van der Waals surface area (Å²) in [5.74, 6) is -0.235. The van der Waals surface area contributed by atoms with Crippen LogP contribution in [0.2, 0.25) is 5.02 Å². The van der Waals surface area contributed by atoms with Gasteiger partial charge in [0, 0.05) is 28.4 Å². The molecule has 0 saturated heterocycles. The van der Waals surface area contributed by atoms with Gasteiger partial charge in [0.25, 0.3) is 5.91 Å². The highest BCUT2D eigenvalue weighted by molar-refractivity contribution is 7.21. The molecule has 1 aromatic carbocycles. The van der Waals surface area contributed by atoms with E-state index in [9.17, 15) is 4.79 Å². The number of nitrogens with zero attached hydrogens (tertiary/aromatic N) is 2. The van der Waals surface area contributed by atoms with Crippen molar-refractivity contribution in [2.75, 3.05) is 11.1 Å². The fourth-order valence-electron chi connectivity index (χ4n) is 2.16. The van der Waals surface area contributed by atoms with Gasteiger partial charge in [0.2, 0.25) is 0 Å². The van der Waals surface area contributed by atoms with Crippen LogP contribution in [-0.2, 0) is 7.05 Å². The number of anilines is 2. The number of rotatable bonds is 2. The Labute approximate surface area is 130 Å². The highest BCUT2D eigenvalue weighted by Crippen LogP contribution is 2.35.